The summed E-state index contributed by atoms with van der Waals surface area (Å²) < 4.78 is 26.7. The Morgan fingerprint density at radius 2 is 1.62 bits per heavy atom. The number of imide groups is 1. The van der Waals surface area contributed by atoms with E-state index in [0.29, 0.717) is 24.0 Å². The molecule has 26 heavy (non-hydrogen) atoms. The van der Waals surface area contributed by atoms with Crippen molar-refractivity contribution in [3.63, 3.8) is 0 Å². The number of carbonyl (C=O) groups excluding carboxylic acids is 2. The second-order valence-electron chi connectivity index (χ2n) is 5.95. The lowest BCUT2D eigenvalue weighted by molar-refractivity contribution is 0.0664. The molecule has 0 spiro atoms. The van der Waals surface area contributed by atoms with Crippen molar-refractivity contribution in [3.8, 4) is 0 Å². The number of fused-ring (bicyclic) bond motifs is 1. The zero-order valence-electron chi connectivity index (χ0n) is 14.1. The Labute approximate surface area is 152 Å². The quantitative estimate of drug-likeness (QED) is 0.555. The van der Waals surface area contributed by atoms with Crippen LogP contribution in [0.2, 0.25) is 0 Å². The van der Waals surface area contributed by atoms with Crippen LogP contribution in [0.3, 0.4) is 0 Å². The Morgan fingerprint density at radius 1 is 0.962 bits per heavy atom. The first-order valence-electron chi connectivity index (χ1n) is 8.30. The van der Waals surface area contributed by atoms with E-state index in [0.717, 1.165) is 10.6 Å². The third-order valence-corrected chi connectivity index (χ3v) is 5.48. The van der Waals surface area contributed by atoms with E-state index in [1.54, 1.807) is 30.5 Å². The van der Waals surface area contributed by atoms with Gasteiger partial charge in [-0.05, 0) is 37.1 Å². The second-order valence-corrected chi connectivity index (χ2v) is 7.87. The zero-order valence-corrected chi connectivity index (χ0v) is 14.9. The fourth-order valence-electron chi connectivity index (χ4n) is 2.77. The topological polar surface area (TPSA) is 96.4 Å². The van der Waals surface area contributed by atoms with Crippen LogP contribution in [0.5, 0.6) is 0 Å². The van der Waals surface area contributed by atoms with Gasteiger partial charge in [0.05, 0.1) is 16.9 Å². The third-order valence-electron chi connectivity index (χ3n) is 4.12. The van der Waals surface area contributed by atoms with Crippen LogP contribution in [0.4, 0.5) is 0 Å². The Kier molecular flexibility index (Phi) is 5.43. The normalized spacial score (nSPS) is 13.9. The highest BCUT2D eigenvalue weighted by Crippen LogP contribution is 2.22. The van der Waals surface area contributed by atoms with Gasteiger partial charge in [-0.15, -0.1) is 0 Å². The maximum Gasteiger partial charge on any atom is 0.261 e. The molecule has 1 aromatic heterocycles. The van der Waals surface area contributed by atoms with Gasteiger partial charge in [0.1, 0.15) is 0 Å². The molecule has 2 amide bonds. The molecule has 2 heterocycles. The number of benzene rings is 1. The van der Waals surface area contributed by atoms with Gasteiger partial charge in [-0.25, -0.2) is 13.1 Å². The predicted octanol–water partition coefficient (Wildman–Crippen LogP) is 1.23. The molecule has 136 valence electrons. The molecule has 1 aromatic carbocycles. The summed E-state index contributed by atoms with van der Waals surface area (Å²) in [5.41, 5.74) is 1.54. The molecule has 0 aliphatic carbocycles. The monoisotopic (exact) mass is 373 g/mol. The number of nitrogens with one attached hydrogen (secondary N) is 1. The van der Waals surface area contributed by atoms with E-state index in [1.807, 2.05) is 18.2 Å². The molecule has 0 bridgehead atoms. The number of rotatable bonds is 8. The third kappa shape index (κ3) is 4.14. The summed E-state index contributed by atoms with van der Waals surface area (Å²) in [6, 6.07) is 12.1. The second kappa shape index (κ2) is 7.76. The first kappa shape index (κ1) is 18.2. The first-order valence-corrected chi connectivity index (χ1v) is 9.96. The van der Waals surface area contributed by atoms with Crippen LogP contribution in [-0.2, 0) is 16.4 Å². The number of amides is 2. The van der Waals surface area contributed by atoms with Gasteiger partial charge >= 0.3 is 0 Å². The van der Waals surface area contributed by atoms with Gasteiger partial charge in [0, 0.05) is 25.0 Å². The minimum Gasteiger partial charge on any atom is -0.273 e. The fraction of sp³-hybridized carbons (Fsp3) is 0.278. The zero-order chi connectivity index (χ0) is 18.6. The number of hydrogen-bond acceptors (Lipinski definition) is 5. The number of sulfonamides is 1. The molecule has 0 fully saturated rings. The Hall–Kier alpha value is -2.58. The summed E-state index contributed by atoms with van der Waals surface area (Å²) in [6.07, 6.45) is 2.98. The van der Waals surface area contributed by atoms with Gasteiger partial charge in [-0.1, -0.05) is 18.2 Å². The van der Waals surface area contributed by atoms with Crippen molar-refractivity contribution in [3.05, 3.63) is 65.5 Å². The van der Waals surface area contributed by atoms with Gasteiger partial charge in [-0.3, -0.25) is 19.5 Å². The number of carbonyl (C=O) groups is 2. The van der Waals surface area contributed by atoms with E-state index < -0.39 is 21.8 Å². The molecule has 3 rings (SSSR count). The van der Waals surface area contributed by atoms with Crippen molar-refractivity contribution in [2.45, 2.75) is 12.8 Å². The summed E-state index contributed by atoms with van der Waals surface area (Å²) in [4.78, 5) is 29.6. The lowest BCUT2D eigenvalue weighted by Gasteiger charge is -2.14. The van der Waals surface area contributed by atoms with E-state index in [-0.39, 0.29) is 18.8 Å². The number of hydrogen-bond donors (Lipinski definition) is 1. The highest BCUT2D eigenvalue weighted by Gasteiger charge is 2.35. The summed E-state index contributed by atoms with van der Waals surface area (Å²) in [7, 11) is -3.57. The largest absolute Gasteiger partial charge is 0.273 e. The smallest absolute Gasteiger partial charge is 0.261 e. The van der Waals surface area contributed by atoms with Crippen molar-refractivity contribution in [2.24, 2.45) is 0 Å². The Bertz CT molecular complexity index is 878. The maximum atomic E-state index is 12.2. The van der Waals surface area contributed by atoms with E-state index >= 15 is 0 Å². The fourth-order valence-corrected chi connectivity index (χ4v) is 3.79. The average Bonchev–Trinajstić information content (AvgIpc) is 2.89. The van der Waals surface area contributed by atoms with E-state index in [9.17, 15) is 18.0 Å². The van der Waals surface area contributed by atoms with Crippen LogP contribution in [-0.4, -0.2) is 49.0 Å². The molecule has 0 atom stereocenters. The van der Waals surface area contributed by atoms with E-state index in [4.69, 9.17) is 0 Å². The van der Waals surface area contributed by atoms with Gasteiger partial charge in [0.25, 0.3) is 11.8 Å². The summed E-state index contributed by atoms with van der Waals surface area (Å²) in [6.45, 7) is 0.114. The van der Waals surface area contributed by atoms with Crippen LogP contribution in [0, 0.1) is 0 Å². The Balaban J connectivity index is 1.48. The molecule has 7 nitrogen and oxygen atoms in total. The standard InChI is InChI=1S/C18H19N3O4S/c22-17-15-8-1-2-9-16(15)18(23)21(17)12-13-26(24,25)20-11-5-7-14-6-3-4-10-19-14/h1-4,6,8-10,20H,5,7,11-13H2. The molecule has 0 saturated heterocycles. The molecule has 2 aromatic rings. The molecular weight excluding hydrogens is 354 g/mol. The molecule has 0 unspecified atom stereocenters. The predicted molar refractivity (Wildman–Crippen MR) is 96.2 cm³/mol. The Morgan fingerprint density at radius 3 is 2.23 bits per heavy atom. The van der Waals surface area contributed by atoms with Crippen LogP contribution >= 0.6 is 0 Å². The van der Waals surface area contributed by atoms with Gasteiger partial charge in [-0.2, -0.15) is 0 Å². The SMILES string of the molecule is O=C1c2ccccc2C(=O)N1CCS(=O)(=O)NCCCc1ccccn1. The van der Waals surface area contributed by atoms with E-state index in [2.05, 4.69) is 9.71 Å². The summed E-state index contributed by atoms with van der Waals surface area (Å²) >= 11 is 0. The van der Waals surface area contributed by atoms with Crippen molar-refractivity contribution >= 4 is 21.8 Å². The van der Waals surface area contributed by atoms with Crippen LogP contribution < -0.4 is 4.72 Å². The molecule has 0 radical (unpaired) electrons. The van der Waals surface area contributed by atoms with Crippen LogP contribution in [0.1, 0.15) is 32.8 Å². The lowest BCUT2D eigenvalue weighted by atomic mass is 10.1. The number of pyridine rings is 1. The molecule has 1 N–H and O–H groups in total. The number of aryl methyl sites for hydroxylation is 1. The van der Waals surface area contributed by atoms with Crippen molar-refractivity contribution in [1.29, 1.82) is 0 Å². The van der Waals surface area contributed by atoms with Crippen LogP contribution in [0.25, 0.3) is 0 Å². The summed E-state index contributed by atoms with van der Waals surface area (Å²) in [5, 5.41) is 0. The van der Waals surface area contributed by atoms with Gasteiger partial charge < -0.3 is 0 Å². The minimum atomic E-state index is -3.57. The van der Waals surface area contributed by atoms with Crippen molar-refractivity contribution in [1.82, 2.24) is 14.6 Å². The lowest BCUT2D eigenvalue weighted by Crippen LogP contribution is -2.38. The minimum absolute atomic E-state index is 0.165. The van der Waals surface area contributed by atoms with Gasteiger partial charge in [0.15, 0.2) is 0 Å². The molecular formula is C18H19N3O4S. The maximum absolute atomic E-state index is 12.2. The van der Waals surface area contributed by atoms with Crippen LogP contribution in [0.15, 0.2) is 48.7 Å². The number of nitrogens with zero attached hydrogens (tertiary/aromatic N) is 2. The first-order chi connectivity index (χ1) is 12.5. The average molecular weight is 373 g/mol. The van der Waals surface area contributed by atoms with E-state index in [1.165, 1.54) is 0 Å². The molecule has 0 saturated carbocycles. The highest BCUT2D eigenvalue weighted by molar-refractivity contribution is 7.89. The summed E-state index contributed by atoms with van der Waals surface area (Å²) in [5.74, 6) is -1.21. The molecule has 1 aliphatic heterocycles. The van der Waals surface area contributed by atoms with Gasteiger partial charge in [0.2, 0.25) is 10.0 Å². The van der Waals surface area contributed by atoms with Crippen molar-refractivity contribution < 1.29 is 18.0 Å². The highest BCUT2D eigenvalue weighted by atomic mass is 32.2. The molecule has 8 heteroatoms. The number of aromatic nitrogens is 1. The molecule has 1 aliphatic rings. The van der Waals surface area contributed by atoms with Crippen molar-refractivity contribution in [2.75, 3.05) is 18.8 Å².